The van der Waals surface area contributed by atoms with Crippen molar-refractivity contribution >= 4 is 46.7 Å². The van der Waals surface area contributed by atoms with Crippen LogP contribution in [0.1, 0.15) is 12.5 Å². The largest absolute Gasteiger partial charge is 0.383 e. The molecule has 158 valence electrons. The first-order valence-corrected chi connectivity index (χ1v) is 10.8. The normalized spacial score (nSPS) is 12.0. The number of ether oxygens (including phenoxy) is 1. The molecule has 0 saturated heterocycles. The molecule has 0 aliphatic rings. The highest BCUT2D eigenvalue weighted by Gasteiger charge is 2.22. The van der Waals surface area contributed by atoms with Crippen LogP contribution in [0.15, 0.2) is 41.7 Å². The molecule has 0 aliphatic carbocycles. The summed E-state index contributed by atoms with van der Waals surface area (Å²) in [6.45, 7) is 4.87. The number of halogens is 2. The number of nitrogens with one attached hydrogen (secondary N) is 1. The van der Waals surface area contributed by atoms with E-state index in [1.807, 2.05) is 35.8 Å². The lowest BCUT2D eigenvalue weighted by Crippen LogP contribution is -2.23. The maximum absolute atomic E-state index is 12.7. The van der Waals surface area contributed by atoms with E-state index in [-0.39, 0.29) is 16.7 Å². The highest BCUT2D eigenvalue weighted by molar-refractivity contribution is 8.00. The minimum atomic E-state index is -0.464. The Labute approximate surface area is 189 Å². The van der Waals surface area contributed by atoms with Crippen molar-refractivity contribution < 1.29 is 9.53 Å². The van der Waals surface area contributed by atoms with E-state index in [1.54, 1.807) is 14.0 Å². The van der Waals surface area contributed by atoms with Gasteiger partial charge in [-0.25, -0.2) is 4.98 Å². The second kappa shape index (κ2) is 10.3. The summed E-state index contributed by atoms with van der Waals surface area (Å²) in [6.07, 6.45) is 1.43. The van der Waals surface area contributed by atoms with Crippen LogP contribution in [0.4, 0.5) is 5.82 Å². The number of benzene rings is 1. The lowest BCUT2D eigenvalue weighted by atomic mass is 10.1. The molecule has 3 aromatic rings. The van der Waals surface area contributed by atoms with Crippen LogP contribution in [0.25, 0.3) is 11.4 Å². The second-order valence-corrected chi connectivity index (χ2v) is 8.70. The first kappa shape index (κ1) is 22.6. The zero-order chi connectivity index (χ0) is 21.7. The van der Waals surface area contributed by atoms with Crippen LogP contribution in [0.3, 0.4) is 0 Å². The van der Waals surface area contributed by atoms with E-state index >= 15 is 0 Å². The number of nitrogens with zero attached hydrogens (tertiary/aromatic N) is 4. The van der Waals surface area contributed by atoms with Crippen LogP contribution in [-0.2, 0) is 16.1 Å². The summed E-state index contributed by atoms with van der Waals surface area (Å²) >= 11 is 13.3. The Morgan fingerprint density at radius 2 is 2.10 bits per heavy atom. The van der Waals surface area contributed by atoms with Crippen molar-refractivity contribution in [3.8, 4) is 11.4 Å². The van der Waals surface area contributed by atoms with Crippen LogP contribution in [0, 0.1) is 6.92 Å². The highest BCUT2D eigenvalue weighted by atomic mass is 35.5. The van der Waals surface area contributed by atoms with E-state index in [0.29, 0.717) is 23.3 Å². The molecular weight excluding hydrogens is 445 g/mol. The summed E-state index contributed by atoms with van der Waals surface area (Å²) in [4.78, 5) is 16.7. The van der Waals surface area contributed by atoms with Gasteiger partial charge in [-0.3, -0.25) is 9.36 Å². The van der Waals surface area contributed by atoms with Crippen molar-refractivity contribution in [2.75, 3.05) is 19.0 Å². The van der Waals surface area contributed by atoms with Gasteiger partial charge in [0.05, 0.1) is 28.4 Å². The Morgan fingerprint density at radius 3 is 2.80 bits per heavy atom. The number of aromatic nitrogens is 4. The Kier molecular flexibility index (Phi) is 7.71. The predicted molar refractivity (Wildman–Crippen MR) is 120 cm³/mol. The zero-order valence-corrected chi connectivity index (χ0v) is 19.1. The average molecular weight is 466 g/mol. The average Bonchev–Trinajstić information content (AvgIpc) is 3.10. The van der Waals surface area contributed by atoms with Crippen LogP contribution in [0.2, 0.25) is 10.0 Å². The van der Waals surface area contributed by atoms with Crippen molar-refractivity contribution in [3.05, 3.63) is 52.1 Å². The highest BCUT2D eigenvalue weighted by Crippen LogP contribution is 2.29. The molecule has 0 unspecified atom stereocenters. The molecule has 3 rings (SSSR count). The van der Waals surface area contributed by atoms with Crippen LogP contribution in [-0.4, -0.2) is 44.6 Å². The van der Waals surface area contributed by atoms with Crippen molar-refractivity contribution in [3.63, 3.8) is 0 Å². The van der Waals surface area contributed by atoms with Gasteiger partial charge in [-0.05, 0) is 26.0 Å². The van der Waals surface area contributed by atoms with Crippen molar-refractivity contribution in [1.82, 2.24) is 19.7 Å². The SMILES string of the molecule is COCCn1c(S[C@H](C)C(=O)Nc2ncc(Cl)cc2Cl)nnc1-c1cccc(C)c1. The summed E-state index contributed by atoms with van der Waals surface area (Å²) in [6, 6.07) is 9.56. The molecule has 0 spiro atoms. The molecule has 1 N–H and O–H groups in total. The Balaban J connectivity index is 1.80. The van der Waals surface area contributed by atoms with Crippen LogP contribution >= 0.6 is 35.0 Å². The number of aryl methyl sites for hydroxylation is 1. The molecule has 1 aromatic carbocycles. The molecule has 2 aromatic heterocycles. The van der Waals surface area contributed by atoms with Crippen molar-refractivity contribution in [1.29, 1.82) is 0 Å². The number of amides is 1. The van der Waals surface area contributed by atoms with E-state index in [4.69, 9.17) is 27.9 Å². The third kappa shape index (κ3) is 5.51. The minimum Gasteiger partial charge on any atom is -0.383 e. The van der Waals surface area contributed by atoms with E-state index < -0.39 is 5.25 Å². The number of hydrogen-bond acceptors (Lipinski definition) is 6. The van der Waals surface area contributed by atoms with E-state index in [1.165, 1.54) is 24.0 Å². The van der Waals surface area contributed by atoms with Gasteiger partial charge in [-0.15, -0.1) is 10.2 Å². The standard InChI is InChI=1S/C20H21Cl2N5O2S/c1-12-5-4-6-14(9-12)18-25-26-20(27(18)7-8-29-3)30-13(2)19(28)24-17-16(22)10-15(21)11-23-17/h4-6,9-11,13H,7-8H2,1-3H3,(H,23,24,28)/t13-/m1/s1. The molecule has 7 nitrogen and oxygen atoms in total. The van der Waals surface area contributed by atoms with Crippen molar-refractivity contribution in [2.45, 2.75) is 30.8 Å². The molecule has 0 bridgehead atoms. The first-order chi connectivity index (χ1) is 14.4. The van der Waals surface area contributed by atoms with Gasteiger partial charge in [0.25, 0.3) is 0 Å². The molecule has 0 radical (unpaired) electrons. The number of anilines is 1. The smallest absolute Gasteiger partial charge is 0.238 e. The number of carbonyl (C=O) groups is 1. The zero-order valence-electron chi connectivity index (χ0n) is 16.7. The fourth-order valence-corrected chi connectivity index (χ4v) is 4.00. The van der Waals surface area contributed by atoms with E-state index in [9.17, 15) is 4.79 Å². The number of methoxy groups -OCH3 is 1. The van der Waals surface area contributed by atoms with Gasteiger partial charge in [-0.2, -0.15) is 0 Å². The molecular formula is C20H21Cl2N5O2S. The Bertz CT molecular complexity index is 1040. The summed E-state index contributed by atoms with van der Waals surface area (Å²) in [7, 11) is 1.64. The molecule has 0 aliphatic heterocycles. The molecule has 0 saturated carbocycles. The molecule has 30 heavy (non-hydrogen) atoms. The monoisotopic (exact) mass is 465 g/mol. The third-order valence-electron chi connectivity index (χ3n) is 4.21. The lowest BCUT2D eigenvalue weighted by molar-refractivity contribution is -0.115. The molecule has 10 heteroatoms. The number of rotatable bonds is 8. The summed E-state index contributed by atoms with van der Waals surface area (Å²) in [5.74, 6) is 0.739. The molecule has 1 amide bonds. The number of carbonyl (C=O) groups excluding carboxylic acids is 1. The van der Waals surface area contributed by atoms with Gasteiger partial charge in [0.1, 0.15) is 0 Å². The van der Waals surface area contributed by atoms with E-state index in [2.05, 4.69) is 20.5 Å². The number of pyridine rings is 1. The number of thioether (sulfide) groups is 1. The molecule has 1 atom stereocenters. The first-order valence-electron chi connectivity index (χ1n) is 9.16. The van der Waals surface area contributed by atoms with Crippen LogP contribution in [0.5, 0.6) is 0 Å². The Morgan fingerprint density at radius 1 is 1.30 bits per heavy atom. The predicted octanol–water partition coefficient (Wildman–Crippen LogP) is 4.72. The van der Waals surface area contributed by atoms with Gasteiger partial charge in [0.15, 0.2) is 16.8 Å². The maximum Gasteiger partial charge on any atom is 0.238 e. The summed E-state index contributed by atoms with van der Waals surface area (Å²) < 4.78 is 7.20. The van der Waals surface area contributed by atoms with Crippen LogP contribution < -0.4 is 5.32 Å². The van der Waals surface area contributed by atoms with Gasteiger partial charge < -0.3 is 10.1 Å². The minimum absolute atomic E-state index is 0.255. The van der Waals surface area contributed by atoms with Gasteiger partial charge in [0.2, 0.25) is 5.91 Å². The topological polar surface area (TPSA) is 81.9 Å². The van der Waals surface area contributed by atoms with Gasteiger partial charge in [-0.1, -0.05) is 58.7 Å². The van der Waals surface area contributed by atoms with E-state index in [0.717, 1.165) is 17.0 Å². The van der Waals surface area contributed by atoms with Gasteiger partial charge >= 0.3 is 0 Å². The summed E-state index contributed by atoms with van der Waals surface area (Å²) in [5.41, 5.74) is 2.09. The lowest BCUT2D eigenvalue weighted by Gasteiger charge is -2.14. The second-order valence-electron chi connectivity index (χ2n) is 6.55. The maximum atomic E-state index is 12.7. The molecule has 0 fully saturated rings. The van der Waals surface area contributed by atoms with Gasteiger partial charge in [0, 0.05) is 18.9 Å². The Hall–Kier alpha value is -2.13. The van der Waals surface area contributed by atoms with Crippen molar-refractivity contribution in [2.24, 2.45) is 0 Å². The summed E-state index contributed by atoms with van der Waals surface area (Å²) in [5, 5.41) is 12.2. The quantitative estimate of drug-likeness (QED) is 0.484. The fourth-order valence-electron chi connectivity index (χ4n) is 2.69. The fraction of sp³-hybridized carbons (Fsp3) is 0.300. The third-order valence-corrected chi connectivity index (χ3v) is 5.79. The number of hydrogen-bond donors (Lipinski definition) is 1. The molecule has 2 heterocycles.